The molecule has 0 saturated heterocycles. The van der Waals surface area contributed by atoms with E-state index in [9.17, 15) is 4.79 Å². The predicted octanol–water partition coefficient (Wildman–Crippen LogP) is 4.08. The van der Waals surface area contributed by atoms with Crippen molar-refractivity contribution in [2.45, 2.75) is 13.8 Å². The molecule has 0 aliphatic carbocycles. The molecule has 0 fully saturated rings. The molecule has 7 heteroatoms. The Morgan fingerprint density at radius 1 is 1.15 bits per heavy atom. The summed E-state index contributed by atoms with van der Waals surface area (Å²) in [4.78, 5) is 16.3. The quantitative estimate of drug-likeness (QED) is 0.516. The number of ether oxygens (including phenoxy) is 1. The van der Waals surface area contributed by atoms with Gasteiger partial charge in [-0.15, -0.1) is 0 Å². The van der Waals surface area contributed by atoms with Crippen LogP contribution in [-0.4, -0.2) is 21.6 Å². The minimum Gasteiger partial charge on any atom is -0.459 e. The van der Waals surface area contributed by atoms with Gasteiger partial charge in [0.05, 0.1) is 17.6 Å². The van der Waals surface area contributed by atoms with Crippen molar-refractivity contribution in [3.63, 3.8) is 0 Å². The average molecular weight is 368 g/mol. The summed E-state index contributed by atoms with van der Waals surface area (Å²) in [6.45, 7) is 3.83. The highest BCUT2D eigenvalue weighted by molar-refractivity contribution is 6.31. The van der Waals surface area contributed by atoms with Crippen LogP contribution in [0.3, 0.4) is 0 Å². The van der Waals surface area contributed by atoms with E-state index in [1.165, 1.54) is 6.26 Å². The van der Waals surface area contributed by atoms with Crippen molar-refractivity contribution in [2.24, 2.45) is 4.99 Å². The zero-order chi connectivity index (χ0) is 18.3. The van der Waals surface area contributed by atoms with Crippen molar-refractivity contribution in [3.05, 3.63) is 76.1 Å². The largest absolute Gasteiger partial charge is 0.459 e. The van der Waals surface area contributed by atoms with Gasteiger partial charge in [-0.05, 0) is 44.2 Å². The van der Waals surface area contributed by atoms with Crippen molar-refractivity contribution in [3.8, 4) is 5.69 Å². The summed E-state index contributed by atoms with van der Waals surface area (Å²) in [5.41, 5.74) is 3.41. The summed E-state index contributed by atoms with van der Waals surface area (Å²) in [5.74, 6) is -0.0409. The lowest BCUT2D eigenvalue weighted by atomic mass is 10.2. The fourth-order valence-electron chi connectivity index (χ4n) is 2.58. The molecule has 130 valence electrons. The van der Waals surface area contributed by atoms with Gasteiger partial charge in [0.1, 0.15) is 5.15 Å². The van der Waals surface area contributed by atoms with E-state index < -0.39 is 5.97 Å². The molecule has 0 N–H and O–H groups in total. The highest BCUT2D eigenvalue weighted by Gasteiger charge is 2.27. The monoisotopic (exact) mass is 367 g/mol. The van der Waals surface area contributed by atoms with E-state index in [4.69, 9.17) is 20.8 Å². The van der Waals surface area contributed by atoms with Gasteiger partial charge >= 0.3 is 5.97 Å². The second-order valence-electron chi connectivity index (χ2n) is 5.85. The zero-order valence-electron chi connectivity index (χ0n) is 14.1. The van der Waals surface area contributed by atoms with Gasteiger partial charge in [-0.3, -0.25) is 0 Å². The summed E-state index contributed by atoms with van der Waals surface area (Å²) < 4.78 is 12.0. The lowest BCUT2D eigenvalue weighted by Crippen LogP contribution is -2.04. The minimum atomic E-state index is -0.560. The highest BCUT2D eigenvalue weighted by atomic mass is 35.5. The van der Waals surface area contributed by atoms with Crippen LogP contribution in [0.1, 0.15) is 22.6 Å². The smallest absolute Gasteiger partial charge is 0.363 e. The van der Waals surface area contributed by atoms with Crippen LogP contribution in [0.5, 0.6) is 0 Å². The van der Waals surface area contributed by atoms with E-state index in [0.29, 0.717) is 22.2 Å². The van der Waals surface area contributed by atoms with Gasteiger partial charge in [-0.25, -0.2) is 14.5 Å². The molecule has 0 saturated carbocycles. The van der Waals surface area contributed by atoms with Crippen LogP contribution in [0.2, 0.25) is 5.15 Å². The normalized spacial score (nSPS) is 15.4. The molecule has 0 amide bonds. The van der Waals surface area contributed by atoms with Crippen LogP contribution < -0.4 is 0 Å². The number of aromatic nitrogens is 2. The Balaban J connectivity index is 1.74. The number of furan rings is 1. The molecule has 0 atom stereocenters. The highest BCUT2D eigenvalue weighted by Crippen LogP contribution is 2.28. The molecule has 2 aromatic heterocycles. The Labute approximate surface area is 154 Å². The average Bonchev–Trinajstić information content (AvgIpc) is 3.33. The summed E-state index contributed by atoms with van der Waals surface area (Å²) in [6.07, 6.45) is 3.06. The third-order valence-electron chi connectivity index (χ3n) is 3.96. The molecule has 0 radical (unpaired) electrons. The number of rotatable bonds is 3. The standard InChI is InChI=1S/C19H14ClN3O3/c1-11-5-7-13(8-6-11)23-17(20)14(12(2)22-23)10-15-19(24)26-18(21-15)16-4-3-9-25-16/h3-10H,1-2H3/b15-10-. The van der Waals surface area contributed by atoms with Crippen molar-refractivity contribution < 1.29 is 13.9 Å². The number of aryl methyl sites for hydroxylation is 2. The Bertz CT molecular complexity index is 1040. The lowest BCUT2D eigenvalue weighted by Gasteiger charge is -2.03. The third kappa shape index (κ3) is 2.84. The number of carbonyl (C=O) groups excluding carboxylic acids is 1. The molecule has 3 aromatic rings. The summed E-state index contributed by atoms with van der Waals surface area (Å²) >= 11 is 6.50. The number of aliphatic imine (C=N–C) groups is 1. The molecule has 0 unspecified atom stereocenters. The van der Waals surface area contributed by atoms with Crippen LogP contribution in [0.15, 0.2) is 57.8 Å². The molecule has 6 nitrogen and oxygen atoms in total. The van der Waals surface area contributed by atoms with E-state index in [1.54, 1.807) is 22.9 Å². The predicted molar refractivity (Wildman–Crippen MR) is 97.4 cm³/mol. The van der Waals surface area contributed by atoms with E-state index in [2.05, 4.69) is 10.1 Å². The Kier molecular flexibility index (Phi) is 3.97. The number of hydrogen-bond acceptors (Lipinski definition) is 5. The van der Waals surface area contributed by atoms with Gasteiger partial charge < -0.3 is 9.15 Å². The number of carbonyl (C=O) groups is 1. The van der Waals surface area contributed by atoms with E-state index in [1.807, 2.05) is 38.1 Å². The number of benzene rings is 1. The van der Waals surface area contributed by atoms with Crippen LogP contribution in [0, 0.1) is 13.8 Å². The van der Waals surface area contributed by atoms with Crippen LogP contribution in [0.4, 0.5) is 0 Å². The number of hydrogen-bond donors (Lipinski definition) is 0. The Morgan fingerprint density at radius 3 is 2.62 bits per heavy atom. The molecule has 4 rings (SSSR count). The van der Waals surface area contributed by atoms with Crippen molar-refractivity contribution in [1.82, 2.24) is 9.78 Å². The molecule has 3 heterocycles. The number of nitrogens with zero attached hydrogens (tertiary/aromatic N) is 3. The topological polar surface area (TPSA) is 69.6 Å². The van der Waals surface area contributed by atoms with Gasteiger partial charge in [0.2, 0.25) is 0 Å². The van der Waals surface area contributed by atoms with Crippen molar-refractivity contribution in [2.75, 3.05) is 0 Å². The summed E-state index contributed by atoms with van der Waals surface area (Å²) in [6, 6.07) is 11.2. The number of cyclic esters (lactones) is 1. The Morgan fingerprint density at radius 2 is 1.92 bits per heavy atom. The maximum atomic E-state index is 12.1. The second-order valence-corrected chi connectivity index (χ2v) is 6.21. The molecule has 0 spiro atoms. The molecule has 1 aromatic carbocycles. The molecular weight excluding hydrogens is 354 g/mol. The van der Waals surface area contributed by atoms with Crippen molar-refractivity contribution in [1.29, 1.82) is 0 Å². The van der Waals surface area contributed by atoms with Gasteiger partial charge in [-0.2, -0.15) is 5.10 Å². The lowest BCUT2D eigenvalue weighted by molar-refractivity contribution is -0.130. The van der Waals surface area contributed by atoms with Crippen molar-refractivity contribution >= 4 is 29.5 Å². The van der Waals surface area contributed by atoms with Crippen LogP contribution in [0.25, 0.3) is 11.8 Å². The first kappa shape index (κ1) is 16.4. The minimum absolute atomic E-state index is 0.131. The zero-order valence-corrected chi connectivity index (χ0v) is 14.8. The molecule has 0 bridgehead atoms. The number of esters is 1. The SMILES string of the molecule is Cc1ccc(-n2nc(C)c(/C=C3\N=C(c4ccco4)OC3=O)c2Cl)cc1. The molecular formula is C19H14ClN3O3. The van der Waals surface area contributed by atoms with Gasteiger partial charge in [0.25, 0.3) is 5.90 Å². The fraction of sp³-hybridized carbons (Fsp3) is 0.105. The maximum Gasteiger partial charge on any atom is 0.363 e. The summed E-state index contributed by atoms with van der Waals surface area (Å²) in [7, 11) is 0. The first-order chi connectivity index (χ1) is 12.5. The van der Waals surface area contributed by atoms with Gasteiger partial charge in [0, 0.05) is 5.56 Å². The fourth-order valence-corrected chi connectivity index (χ4v) is 2.91. The molecule has 1 aliphatic heterocycles. The van der Waals surface area contributed by atoms with Gasteiger partial charge in [0.15, 0.2) is 11.5 Å². The van der Waals surface area contributed by atoms with Gasteiger partial charge in [-0.1, -0.05) is 29.3 Å². The third-order valence-corrected chi connectivity index (χ3v) is 4.32. The van der Waals surface area contributed by atoms with E-state index >= 15 is 0 Å². The van der Waals surface area contributed by atoms with Crippen LogP contribution in [-0.2, 0) is 9.53 Å². The first-order valence-electron chi connectivity index (χ1n) is 7.91. The second kappa shape index (κ2) is 6.31. The Hall–Kier alpha value is -3.12. The number of halogens is 1. The summed E-state index contributed by atoms with van der Waals surface area (Å²) in [5, 5.41) is 4.86. The molecule has 1 aliphatic rings. The van der Waals surface area contributed by atoms with E-state index in [0.717, 1.165) is 11.3 Å². The van der Waals surface area contributed by atoms with E-state index in [-0.39, 0.29) is 11.6 Å². The molecule has 26 heavy (non-hydrogen) atoms. The maximum absolute atomic E-state index is 12.1. The van der Waals surface area contributed by atoms with Crippen LogP contribution >= 0.6 is 11.6 Å². The first-order valence-corrected chi connectivity index (χ1v) is 8.29.